The van der Waals surface area contributed by atoms with E-state index >= 15 is 0 Å². The van der Waals surface area contributed by atoms with Crippen molar-refractivity contribution in [2.45, 2.75) is 58.9 Å². The second kappa shape index (κ2) is 6.33. The SMILES string of the molecule is CCN1CCN(C2(CN)CCC(C(C)(C)C)CC2)CC1. The molecule has 1 heterocycles. The molecule has 0 atom stereocenters. The van der Waals surface area contributed by atoms with Gasteiger partial charge in [-0.2, -0.15) is 0 Å². The third-order valence-corrected chi connectivity index (χ3v) is 6.01. The van der Waals surface area contributed by atoms with Gasteiger partial charge in [0.15, 0.2) is 0 Å². The van der Waals surface area contributed by atoms with Gasteiger partial charge in [-0.3, -0.25) is 4.90 Å². The minimum absolute atomic E-state index is 0.307. The Labute approximate surface area is 125 Å². The summed E-state index contributed by atoms with van der Waals surface area (Å²) in [4.78, 5) is 5.28. The average Bonchev–Trinajstić information content (AvgIpc) is 2.46. The summed E-state index contributed by atoms with van der Waals surface area (Å²) in [5, 5.41) is 0. The minimum Gasteiger partial charge on any atom is -0.329 e. The molecule has 0 spiro atoms. The summed E-state index contributed by atoms with van der Waals surface area (Å²) in [6.45, 7) is 16.4. The average molecular weight is 281 g/mol. The van der Waals surface area contributed by atoms with Gasteiger partial charge >= 0.3 is 0 Å². The van der Waals surface area contributed by atoms with E-state index in [9.17, 15) is 0 Å². The predicted octanol–water partition coefficient (Wildman–Crippen LogP) is 2.56. The first-order valence-electron chi connectivity index (χ1n) is 8.59. The molecule has 1 aliphatic heterocycles. The molecule has 0 aromatic heterocycles. The summed E-state index contributed by atoms with van der Waals surface area (Å²) in [5.74, 6) is 0.874. The van der Waals surface area contributed by atoms with Crippen molar-refractivity contribution in [2.24, 2.45) is 17.1 Å². The van der Waals surface area contributed by atoms with Crippen molar-refractivity contribution in [3.05, 3.63) is 0 Å². The maximum absolute atomic E-state index is 6.24. The number of hydrogen-bond acceptors (Lipinski definition) is 3. The molecular formula is C17H35N3. The number of hydrogen-bond donors (Lipinski definition) is 1. The van der Waals surface area contributed by atoms with Crippen LogP contribution in [0.5, 0.6) is 0 Å². The van der Waals surface area contributed by atoms with Crippen molar-refractivity contribution in [2.75, 3.05) is 39.3 Å². The molecular weight excluding hydrogens is 246 g/mol. The molecule has 0 radical (unpaired) electrons. The highest BCUT2D eigenvalue weighted by molar-refractivity contribution is 4.98. The van der Waals surface area contributed by atoms with Crippen LogP contribution in [0.15, 0.2) is 0 Å². The van der Waals surface area contributed by atoms with Crippen LogP contribution in [0.1, 0.15) is 53.4 Å². The highest BCUT2D eigenvalue weighted by atomic mass is 15.3. The zero-order valence-corrected chi connectivity index (χ0v) is 14.1. The van der Waals surface area contributed by atoms with E-state index < -0.39 is 0 Å². The number of piperazine rings is 1. The van der Waals surface area contributed by atoms with E-state index in [2.05, 4.69) is 37.5 Å². The first kappa shape index (κ1) is 16.3. The Morgan fingerprint density at radius 3 is 2.00 bits per heavy atom. The molecule has 0 aromatic rings. The highest BCUT2D eigenvalue weighted by Gasteiger charge is 2.42. The van der Waals surface area contributed by atoms with Crippen LogP contribution in [0.4, 0.5) is 0 Å². The molecule has 1 saturated carbocycles. The van der Waals surface area contributed by atoms with Gasteiger partial charge in [0, 0.05) is 38.3 Å². The summed E-state index contributed by atoms with van der Waals surface area (Å²) in [7, 11) is 0. The lowest BCUT2D eigenvalue weighted by Gasteiger charge is -2.52. The van der Waals surface area contributed by atoms with E-state index in [-0.39, 0.29) is 0 Å². The fourth-order valence-electron chi connectivity index (χ4n) is 4.21. The first-order chi connectivity index (χ1) is 9.41. The molecule has 1 saturated heterocycles. The summed E-state index contributed by atoms with van der Waals surface area (Å²) in [5.41, 5.74) is 7.00. The molecule has 118 valence electrons. The van der Waals surface area contributed by atoms with Crippen LogP contribution in [0.2, 0.25) is 0 Å². The Hall–Kier alpha value is -0.120. The molecule has 20 heavy (non-hydrogen) atoms. The molecule has 3 heteroatoms. The summed E-state index contributed by atoms with van der Waals surface area (Å²) in [6, 6.07) is 0. The van der Waals surface area contributed by atoms with Crippen LogP contribution in [0.3, 0.4) is 0 Å². The Bertz CT molecular complexity index is 292. The number of nitrogens with two attached hydrogens (primary N) is 1. The van der Waals surface area contributed by atoms with E-state index in [4.69, 9.17) is 5.73 Å². The van der Waals surface area contributed by atoms with Crippen LogP contribution < -0.4 is 5.73 Å². The van der Waals surface area contributed by atoms with Gasteiger partial charge in [0.25, 0.3) is 0 Å². The van der Waals surface area contributed by atoms with Crippen molar-refractivity contribution in [1.29, 1.82) is 0 Å². The van der Waals surface area contributed by atoms with Crippen LogP contribution in [0, 0.1) is 11.3 Å². The Balaban J connectivity index is 1.95. The van der Waals surface area contributed by atoms with Gasteiger partial charge in [-0.05, 0) is 43.6 Å². The zero-order chi connectivity index (χ0) is 14.8. The van der Waals surface area contributed by atoms with Crippen molar-refractivity contribution in [1.82, 2.24) is 9.80 Å². The molecule has 0 bridgehead atoms. The van der Waals surface area contributed by atoms with Crippen LogP contribution in [0.25, 0.3) is 0 Å². The third-order valence-electron chi connectivity index (χ3n) is 6.01. The Morgan fingerprint density at radius 1 is 1.05 bits per heavy atom. The Morgan fingerprint density at radius 2 is 1.60 bits per heavy atom. The van der Waals surface area contributed by atoms with E-state index in [0.29, 0.717) is 11.0 Å². The second-order valence-electron chi connectivity index (χ2n) is 7.99. The van der Waals surface area contributed by atoms with Gasteiger partial charge in [0.2, 0.25) is 0 Å². The van der Waals surface area contributed by atoms with Crippen molar-refractivity contribution in [3.63, 3.8) is 0 Å². The fourth-order valence-corrected chi connectivity index (χ4v) is 4.21. The molecule has 3 nitrogen and oxygen atoms in total. The lowest BCUT2D eigenvalue weighted by atomic mass is 9.66. The summed E-state index contributed by atoms with van der Waals surface area (Å²) >= 11 is 0. The molecule has 0 amide bonds. The lowest BCUT2D eigenvalue weighted by molar-refractivity contribution is -0.00805. The monoisotopic (exact) mass is 281 g/mol. The van der Waals surface area contributed by atoms with Gasteiger partial charge in [-0.25, -0.2) is 0 Å². The Kier molecular flexibility index (Phi) is 5.14. The molecule has 2 aliphatic rings. The number of likely N-dealkylation sites (N-methyl/N-ethyl adjacent to an activating group) is 1. The summed E-state index contributed by atoms with van der Waals surface area (Å²) < 4.78 is 0. The van der Waals surface area contributed by atoms with Gasteiger partial charge in [-0.15, -0.1) is 0 Å². The highest BCUT2D eigenvalue weighted by Crippen LogP contribution is 2.43. The maximum Gasteiger partial charge on any atom is 0.0333 e. The standard InChI is InChI=1S/C17H35N3/c1-5-19-10-12-20(13-11-19)17(14-18)8-6-15(7-9-17)16(2,3)4/h15H,5-14,18H2,1-4H3. The molecule has 2 rings (SSSR count). The van der Waals surface area contributed by atoms with Crippen molar-refractivity contribution in [3.8, 4) is 0 Å². The van der Waals surface area contributed by atoms with E-state index in [0.717, 1.165) is 12.5 Å². The quantitative estimate of drug-likeness (QED) is 0.863. The summed E-state index contributed by atoms with van der Waals surface area (Å²) in [6.07, 6.45) is 5.32. The lowest BCUT2D eigenvalue weighted by Crippen LogP contribution is -2.61. The number of rotatable bonds is 3. The zero-order valence-electron chi connectivity index (χ0n) is 14.1. The molecule has 2 fully saturated rings. The maximum atomic E-state index is 6.24. The van der Waals surface area contributed by atoms with Gasteiger partial charge in [0.05, 0.1) is 0 Å². The topological polar surface area (TPSA) is 32.5 Å². The first-order valence-corrected chi connectivity index (χ1v) is 8.59. The van der Waals surface area contributed by atoms with Crippen LogP contribution in [-0.2, 0) is 0 Å². The molecule has 0 aromatic carbocycles. The molecule has 2 N–H and O–H groups in total. The van der Waals surface area contributed by atoms with Crippen molar-refractivity contribution >= 4 is 0 Å². The normalized spacial score (nSPS) is 34.4. The number of nitrogens with zero attached hydrogens (tertiary/aromatic N) is 2. The van der Waals surface area contributed by atoms with E-state index in [1.807, 2.05) is 0 Å². The van der Waals surface area contributed by atoms with Crippen LogP contribution in [-0.4, -0.2) is 54.6 Å². The van der Waals surface area contributed by atoms with E-state index in [1.165, 1.54) is 58.4 Å². The van der Waals surface area contributed by atoms with Gasteiger partial charge in [-0.1, -0.05) is 27.7 Å². The minimum atomic E-state index is 0.307. The largest absolute Gasteiger partial charge is 0.329 e. The molecule has 1 aliphatic carbocycles. The smallest absolute Gasteiger partial charge is 0.0333 e. The van der Waals surface area contributed by atoms with Crippen LogP contribution >= 0.6 is 0 Å². The van der Waals surface area contributed by atoms with Gasteiger partial charge < -0.3 is 10.6 Å². The third kappa shape index (κ3) is 3.37. The predicted molar refractivity (Wildman–Crippen MR) is 86.9 cm³/mol. The second-order valence-corrected chi connectivity index (χ2v) is 7.99. The van der Waals surface area contributed by atoms with Gasteiger partial charge in [0.1, 0.15) is 0 Å². The van der Waals surface area contributed by atoms with E-state index in [1.54, 1.807) is 0 Å². The molecule has 0 unspecified atom stereocenters. The fraction of sp³-hybridized carbons (Fsp3) is 1.00. The van der Waals surface area contributed by atoms with Crippen molar-refractivity contribution < 1.29 is 0 Å².